The van der Waals surface area contributed by atoms with Gasteiger partial charge in [0.05, 0.1) is 6.61 Å². The fraction of sp³-hybridized carbons (Fsp3) is 0.600. The number of aryl methyl sites for hydroxylation is 2. The fourth-order valence-corrected chi connectivity index (χ4v) is 3.17. The van der Waals surface area contributed by atoms with Crippen LogP contribution in [0.2, 0.25) is 0 Å². The average molecular weight is 232 g/mol. The van der Waals surface area contributed by atoms with Crippen LogP contribution in [0.5, 0.6) is 5.75 Å². The Morgan fingerprint density at radius 3 is 2.59 bits per heavy atom. The molecule has 2 nitrogen and oxygen atoms in total. The molecule has 2 heteroatoms. The molecule has 0 aliphatic heterocycles. The summed E-state index contributed by atoms with van der Waals surface area (Å²) in [5.74, 6) is 0.946. The van der Waals surface area contributed by atoms with Crippen molar-refractivity contribution < 1.29 is 9.84 Å². The molecule has 0 bridgehead atoms. The van der Waals surface area contributed by atoms with Gasteiger partial charge in [0, 0.05) is 0 Å². The first kappa shape index (κ1) is 11.1. The zero-order valence-corrected chi connectivity index (χ0v) is 10.2. The molecule has 0 amide bonds. The van der Waals surface area contributed by atoms with Gasteiger partial charge in [-0.2, -0.15) is 0 Å². The number of aliphatic hydroxyl groups is 1. The maximum atomic E-state index is 9.55. The third kappa shape index (κ3) is 2.06. The summed E-state index contributed by atoms with van der Waals surface area (Å²) in [6, 6.07) is 6.44. The Hall–Kier alpha value is -1.02. The number of benzene rings is 1. The van der Waals surface area contributed by atoms with E-state index in [0.29, 0.717) is 0 Å². The summed E-state index contributed by atoms with van der Waals surface area (Å²) < 4.78 is 6.09. The van der Waals surface area contributed by atoms with E-state index in [-0.39, 0.29) is 12.2 Å². The lowest BCUT2D eigenvalue weighted by molar-refractivity contribution is 0.0151. The van der Waals surface area contributed by atoms with Gasteiger partial charge in [-0.1, -0.05) is 6.07 Å². The second-order valence-corrected chi connectivity index (χ2v) is 5.43. The maximum absolute atomic E-state index is 9.55. The largest absolute Gasteiger partial charge is 0.485 e. The van der Waals surface area contributed by atoms with Crippen molar-refractivity contribution in [3.8, 4) is 5.75 Å². The summed E-state index contributed by atoms with van der Waals surface area (Å²) >= 11 is 0. The van der Waals surface area contributed by atoms with Gasteiger partial charge in [-0.3, -0.25) is 0 Å². The molecule has 1 N–H and O–H groups in total. The average Bonchev–Trinajstić information content (AvgIpc) is 2.97. The summed E-state index contributed by atoms with van der Waals surface area (Å²) in [5.41, 5.74) is 2.61. The van der Waals surface area contributed by atoms with Gasteiger partial charge < -0.3 is 9.84 Å². The maximum Gasteiger partial charge on any atom is 0.132 e. The van der Waals surface area contributed by atoms with Crippen LogP contribution in [0.25, 0.3) is 0 Å². The second kappa shape index (κ2) is 4.34. The van der Waals surface area contributed by atoms with Gasteiger partial charge in [-0.05, 0) is 68.2 Å². The first-order valence-electron chi connectivity index (χ1n) is 6.73. The number of hydrogen-bond donors (Lipinski definition) is 1. The molecule has 1 saturated carbocycles. The van der Waals surface area contributed by atoms with E-state index < -0.39 is 0 Å². The molecule has 1 aromatic rings. The van der Waals surface area contributed by atoms with E-state index in [2.05, 4.69) is 18.2 Å². The predicted molar refractivity (Wildman–Crippen MR) is 67.4 cm³/mol. The molecular formula is C15H20O2. The molecule has 2 aliphatic rings. The van der Waals surface area contributed by atoms with Crippen molar-refractivity contribution in [1.82, 2.24) is 0 Å². The van der Waals surface area contributed by atoms with Gasteiger partial charge in [0.2, 0.25) is 0 Å². The van der Waals surface area contributed by atoms with E-state index in [1.165, 1.54) is 43.2 Å². The van der Waals surface area contributed by atoms with E-state index in [9.17, 15) is 5.11 Å². The van der Waals surface area contributed by atoms with Crippen molar-refractivity contribution in [1.29, 1.82) is 0 Å². The van der Waals surface area contributed by atoms with Crippen LogP contribution < -0.4 is 4.74 Å². The first-order chi connectivity index (χ1) is 8.31. The molecule has 2 aliphatic carbocycles. The number of hydrogen-bond acceptors (Lipinski definition) is 2. The molecule has 0 heterocycles. The van der Waals surface area contributed by atoms with Crippen molar-refractivity contribution in [2.75, 3.05) is 6.61 Å². The van der Waals surface area contributed by atoms with E-state index in [0.717, 1.165) is 18.6 Å². The van der Waals surface area contributed by atoms with Gasteiger partial charge in [0.25, 0.3) is 0 Å². The molecule has 0 spiro atoms. The highest BCUT2D eigenvalue weighted by molar-refractivity contribution is 5.38. The highest BCUT2D eigenvalue weighted by Crippen LogP contribution is 2.35. The van der Waals surface area contributed by atoms with Crippen LogP contribution in [0, 0.1) is 0 Å². The van der Waals surface area contributed by atoms with E-state index in [1.54, 1.807) is 0 Å². The van der Waals surface area contributed by atoms with Crippen LogP contribution in [-0.2, 0) is 12.8 Å². The summed E-state index contributed by atoms with van der Waals surface area (Å²) in [5, 5.41) is 9.55. The Balaban J connectivity index is 1.80. The van der Waals surface area contributed by atoms with Crippen LogP contribution in [0.1, 0.15) is 43.2 Å². The Kier molecular flexibility index (Phi) is 2.83. The number of ether oxygens (including phenoxy) is 1. The Bertz CT molecular complexity index is 405. The molecule has 92 valence electrons. The number of fused-ring (bicyclic) bond motifs is 1. The summed E-state index contributed by atoms with van der Waals surface area (Å²) in [6.07, 6.45) is 7.97. The second-order valence-electron chi connectivity index (χ2n) is 5.43. The number of aliphatic hydroxyl groups excluding tert-OH is 1. The van der Waals surface area contributed by atoms with Crippen LogP contribution in [0.15, 0.2) is 18.2 Å². The zero-order valence-electron chi connectivity index (χ0n) is 10.2. The normalized spacial score (nSPS) is 21.5. The van der Waals surface area contributed by atoms with E-state index >= 15 is 0 Å². The van der Waals surface area contributed by atoms with Crippen molar-refractivity contribution in [2.45, 2.75) is 50.5 Å². The molecular weight excluding hydrogens is 212 g/mol. The van der Waals surface area contributed by atoms with Crippen molar-refractivity contribution in [3.63, 3.8) is 0 Å². The monoisotopic (exact) mass is 232 g/mol. The molecule has 3 rings (SSSR count). The molecule has 1 aromatic carbocycles. The molecule has 17 heavy (non-hydrogen) atoms. The lowest BCUT2D eigenvalue weighted by Gasteiger charge is -2.28. The summed E-state index contributed by atoms with van der Waals surface area (Å²) in [6.45, 7) is 0.143. The molecule has 0 aromatic heterocycles. The minimum Gasteiger partial charge on any atom is -0.485 e. The molecule has 1 fully saturated rings. The standard InChI is InChI=1S/C15H20O2/c16-11-15(8-1-2-9-15)17-14-7-6-12-4-3-5-13(12)10-14/h6-7,10,16H,1-5,8-9,11H2. The van der Waals surface area contributed by atoms with Crippen LogP contribution in [-0.4, -0.2) is 17.3 Å². The van der Waals surface area contributed by atoms with Gasteiger partial charge in [-0.15, -0.1) is 0 Å². The lowest BCUT2D eigenvalue weighted by Crippen LogP contribution is -2.36. The third-order valence-corrected chi connectivity index (χ3v) is 4.21. The fourth-order valence-electron chi connectivity index (χ4n) is 3.17. The smallest absolute Gasteiger partial charge is 0.132 e. The van der Waals surface area contributed by atoms with Crippen LogP contribution in [0.3, 0.4) is 0 Å². The minimum atomic E-state index is -0.299. The molecule has 0 radical (unpaired) electrons. The topological polar surface area (TPSA) is 29.5 Å². The lowest BCUT2D eigenvalue weighted by atomic mass is 10.0. The quantitative estimate of drug-likeness (QED) is 0.868. The first-order valence-corrected chi connectivity index (χ1v) is 6.73. The SMILES string of the molecule is OCC1(Oc2ccc3c(c2)CCC3)CCCC1. The minimum absolute atomic E-state index is 0.143. The Morgan fingerprint density at radius 1 is 1.06 bits per heavy atom. The van der Waals surface area contributed by atoms with E-state index in [1.807, 2.05) is 0 Å². The van der Waals surface area contributed by atoms with E-state index in [4.69, 9.17) is 4.74 Å². The molecule has 0 saturated heterocycles. The van der Waals surface area contributed by atoms with Gasteiger partial charge in [-0.25, -0.2) is 0 Å². The zero-order chi connectivity index (χ0) is 11.7. The summed E-state index contributed by atoms with van der Waals surface area (Å²) in [7, 11) is 0. The summed E-state index contributed by atoms with van der Waals surface area (Å²) in [4.78, 5) is 0. The van der Waals surface area contributed by atoms with Crippen molar-refractivity contribution in [3.05, 3.63) is 29.3 Å². The molecule has 0 unspecified atom stereocenters. The Labute approximate surface area is 103 Å². The highest BCUT2D eigenvalue weighted by Gasteiger charge is 2.35. The highest BCUT2D eigenvalue weighted by atomic mass is 16.5. The van der Waals surface area contributed by atoms with Crippen LogP contribution in [0.4, 0.5) is 0 Å². The van der Waals surface area contributed by atoms with Gasteiger partial charge in [0.1, 0.15) is 11.4 Å². The molecule has 0 atom stereocenters. The number of rotatable bonds is 3. The predicted octanol–water partition coefficient (Wildman–Crippen LogP) is 2.86. The Morgan fingerprint density at radius 2 is 1.82 bits per heavy atom. The third-order valence-electron chi connectivity index (χ3n) is 4.21. The van der Waals surface area contributed by atoms with Crippen molar-refractivity contribution >= 4 is 0 Å². The van der Waals surface area contributed by atoms with Crippen LogP contribution >= 0.6 is 0 Å². The van der Waals surface area contributed by atoms with Crippen molar-refractivity contribution in [2.24, 2.45) is 0 Å². The van der Waals surface area contributed by atoms with Gasteiger partial charge in [0.15, 0.2) is 0 Å². The van der Waals surface area contributed by atoms with Gasteiger partial charge >= 0.3 is 0 Å².